The fourth-order valence-corrected chi connectivity index (χ4v) is 6.57. The summed E-state index contributed by atoms with van der Waals surface area (Å²) in [6.45, 7) is 2.73. The molecule has 0 saturated carbocycles. The Labute approximate surface area is 209 Å². The Kier molecular flexibility index (Phi) is 8.45. The number of carbonyl (C=O) groups is 1. The van der Waals surface area contributed by atoms with Gasteiger partial charge in [-0.3, -0.25) is 9.59 Å². The summed E-state index contributed by atoms with van der Waals surface area (Å²) in [6.07, 6.45) is 5.87. The van der Waals surface area contributed by atoms with Crippen LogP contribution in [-0.4, -0.2) is 47.2 Å². The number of thiophene rings is 1. The lowest BCUT2D eigenvalue weighted by atomic mass is 9.97. The molecule has 3 aromatic rings. The van der Waals surface area contributed by atoms with Gasteiger partial charge in [0.25, 0.3) is 5.56 Å². The van der Waals surface area contributed by atoms with Crippen LogP contribution in [0.25, 0.3) is 10.2 Å². The predicted molar refractivity (Wildman–Crippen MR) is 143 cm³/mol. The minimum absolute atomic E-state index is 0.0144. The lowest BCUT2D eigenvalue weighted by Gasteiger charge is -2.25. The molecule has 0 bridgehead atoms. The van der Waals surface area contributed by atoms with E-state index in [-0.39, 0.29) is 17.5 Å². The largest absolute Gasteiger partial charge is 0.354 e. The normalized spacial score (nSPS) is 14.4. The van der Waals surface area contributed by atoms with E-state index in [1.807, 2.05) is 14.1 Å². The van der Waals surface area contributed by atoms with Gasteiger partial charge in [-0.05, 0) is 62.9 Å². The molecule has 2 heterocycles. The van der Waals surface area contributed by atoms with Crippen LogP contribution in [0.15, 0.2) is 29.1 Å². The molecule has 0 fully saturated rings. The second-order valence-electron chi connectivity index (χ2n) is 9.08. The van der Waals surface area contributed by atoms with Gasteiger partial charge in [-0.25, -0.2) is 4.98 Å². The predicted octanol–water partition coefficient (Wildman–Crippen LogP) is 4.47. The van der Waals surface area contributed by atoms with Gasteiger partial charge >= 0.3 is 0 Å². The van der Waals surface area contributed by atoms with Crippen molar-refractivity contribution in [1.82, 2.24) is 20.2 Å². The number of aromatic nitrogens is 2. The number of amides is 1. The first-order valence-corrected chi connectivity index (χ1v) is 14.1. The molecule has 8 heteroatoms. The number of likely N-dealkylation sites (N-methyl/N-ethyl adjacent to an activating group) is 1. The summed E-state index contributed by atoms with van der Waals surface area (Å²) in [5, 5.41) is 3.88. The number of hydrogen-bond acceptors (Lipinski definition) is 6. The molecule has 2 aromatic heterocycles. The van der Waals surface area contributed by atoms with Gasteiger partial charge in [0, 0.05) is 23.6 Å². The fourth-order valence-electron chi connectivity index (χ4n) is 4.48. The number of aromatic amines is 1. The molecule has 2 N–H and O–H groups in total. The molecule has 1 amide bonds. The van der Waals surface area contributed by atoms with Gasteiger partial charge < -0.3 is 15.2 Å². The number of nitrogens with one attached hydrogen (secondary N) is 2. The number of benzene rings is 1. The van der Waals surface area contributed by atoms with Crippen LogP contribution in [0.1, 0.15) is 59.6 Å². The molecule has 1 aliphatic rings. The number of carbonyl (C=O) groups excluding carboxylic acids is 1. The highest BCUT2D eigenvalue weighted by Gasteiger charge is 2.20. The zero-order chi connectivity index (χ0) is 24.1. The van der Waals surface area contributed by atoms with Crippen molar-refractivity contribution < 1.29 is 4.79 Å². The van der Waals surface area contributed by atoms with Crippen molar-refractivity contribution in [1.29, 1.82) is 0 Å². The summed E-state index contributed by atoms with van der Waals surface area (Å²) in [7, 11) is 4.07. The first-order valence-electron chi connectivity index (χ1n) is 12.1. The molecule has 0 radical (unpaired) electrons. The van der Waals surface area contributed by atoms with Crippen LogP contribution in [0, 0.1) is 0 Å². The van der Waals surface area contributed by atoms with Crippen molar-refractivity contribution in [3.8, 4) is 0 Å². The number of hydrogen-bond donors (Lipinski definition) is 2. The van der Waals surface area contributed by atoms with E-state index in [0.29, 0.717) is 30.3 Å². The maximum Gasteiger partial charge on any atom is 0.259 e. The van der Waals surface area contributed by atoms with Gasteiger partial charge in [-0.1, -0.05) is 31.2 Å². The Morgan fingerprint density at radius 1 is 1.24 bits per heavy atom. The van der Waals surface area contributed by atoms with Gasteiger partial charge in [0.05, 0.1) is 17.2 Å². The molecule has 1 unspecified atom stereocenters. The maximum atomic E-state index is 12.7. The fraction of sp³-hybridized carbons (Fsp3) is 0.500. The SMILES string of the molecule is CCc1ccc(C(CNC(=O)CCSCc2nc3sc4c(c3c(=O)[nH]2)CCCC4)N(C)C)cc1. The van der Waals surface area contributed by atoms with Gasteiger partial charge in [-0.15, -0.1) is 11.3 Å². The van der Waals surface area contributed by atoms with E-state index in [9.17, 15) is 9.59 Å². The second kappa shape index (κ2) is 11.5. The molecule has 182 valence electrons. The Hall–Kier alpha value is -2.16. The first-order chi connectivity index (χ1) is 16.5. The molecule has 4 rings (SSSR count). The highest BCUT2D eigenvalue weighted by molar-refractivity contribution is 7.98. The van der Waals surface area contributed by atoms with Crippen LogP contribution in [-0.2, 0) is 29.8 Å². The molecule has 1 aromatic carbocycles. The Balaban J connectivity index is 1.26. The average Bonchev–Trinajstić information content (AvgIpc) is 3.21. The number of fused-ring (bicyclic) bond motifs is 3. The van der Waals surface area contributed by atoms with E-state index in [1.165, 1.54) is 28.0 Å². The van der Waals surface area contributed by atoms with Crippen molar-refractivity contribution in [2.24, 2.45) is 0 Å². The molecule has 1 atom stereocenters. The van der Waals surface area contributed by atoms with Gasteiger partial charge in [-0.2, -0.15) is 11.8 Å². The van der Waals surface area contributed by atoms with Crippen LogP contribution in [0.4, 0.5) is 0 Å². The zero-order valence-electron chi connectivity index (χ0n) is 20.3. The van der Waals surface area contributed by atoms with E-state index >= 15 is 0 Å². The minimum Gasteiger partial charge on any atom is -0.354 e. The van der Waals surface area contributed by atoms with Crippen molar-refractivity contribution in [3.63, 3.8) is 0 Å². The number of thioether (sulfide) groups is 1. The number of aryl methyl sites for hydroxylation is 3. The van der Waals surface area contributed by atoms with E-state index < -0.39 is 0 Å². The maximum absolute atomic E-state index is 12.7. The minimum atomic E-state index is -0.0144. The summed E-state index contributed by atoms with van der Waals surface area (Å²) in [5.74, 6) is 2.04. The van der Waals surface area contributed by atoms with E-state index in [1.54, 1.807) is 23.1 Å². The third-order valence-corrected chi connectivity index (χ3v) is 8.63. The van der Waals surface area contributed by atoms with Crippen LogP contribution >= 0.6 is 23.1 Å². The molecular weight excluding hydrogens is 464 g/mol. The molecular formula is C26H34N4O2S2. The van der Waals surface area contributed by atoms with E-state index in [0.717, 1.165) is 35.9 Å². The molecule has 1 aliphatic carbocycles. The van der Waals surface area contributed by atoms with Crippen LogP contribution in [0.5, 0.6) is 0 Å². The molecule has 34 heavy (non-hydrogen) atoms. The summed E-state index contributed by atoms with van der Waals surface area (Å²) >= 11 is 3.30. The Morgan fingerprint density at radius 3 is 2.74 bits per heavy atom. The lowest BCUT2D eigenvalue weighted by molar-refractivity contribution is -0.120. The highest BCUT2D eigenvalue weighted by atomic mass is 32.2. The van der Waals surface area contributed by atoms with Gasteiger partial charge in [0.15, 0.2) is 0 Å². The monoisotopic (exact) mass is 498 g/mol. The second-order valence-corrected chi connectivity index (χ2v) is 11.3. The van der Waals surface area contributed by atoms with Gasteiger partial charge in [0.2, 0.25) is 5.91 Å². The summed E-state index contributed by atoms with van der Waals surface area (Å²) in [4.78, 5) is 37.1. The van der Waals surface area contributed by atoms with Crippen LogP contribution in [0.3, 0.4) is 0 Å². The summed E-state index contributed by atoms with van der Waals surface area (Å²) in [5.41, 5.74) is 3.72. The summed E-state index contributed by atoms with van der Waals surface area (Å²) in [6, 6.07) is 8.76. The van der Waals surface area contributed by atoms with Crippen molar-refractivity contribution in [2.45, 2.75) is 57.2 Å². The zero-order valence-corrected chi connectivity index (χ0v) is 21.9. The molecule has 6 nitrogen and oxygen atoms in total. The number of rotatable bonds is 10. The first kappa shape index (κ1) is 24.9. The molecule has 0 spiro atoms. The van der Waals surface area contributed by atoms with Crippen molar-refractivity contribution in [3.05, 3.63) is 62.0 Å². The Bertz CT molecular complexity index is 1180. The molecule has 0 saturated heterocycles. The average molecular weight is 499 g/mol. The topological polar surface area (TPSA) is 78.1 Å². The lowest BCUT2D eigenvalue weighted by Crippen LogP contribution is -2.34. The van der Waals surface area contributed by atoms with Gasteiger partial charge in [0.1, 0.15) is 10.7 Å². The standard InChI is InChI=1S/C26H34N4O2S2/c1-4-17-9-11-18(12-10-17)20(30(2)3)15-27-23(31)13-14-33-16-22-28-25(32)24-19-7-5-6-8-21(19)34-26(24)29-22/h9-12,20H,4-8,13-16H2,1-3H3,(H,27,31)(H,28,29,32). The van der Waals surface area contributed by atoms with E-state index in [4.69, 9.17) is 4.98 Å². The van der Waals surface area contributed by atoms with Crippen molar-refractivity contribution >= 4 is 39.2 Å². The van der Waals surface area contributed by atoms with E-state index in [2.05, 4.69) is 46.4 Å². The highest BCUT2D eigenvalue weighted by Crippen LogP contribution is 2.33. The third kappa shape index (κ3) is 5.90. The summed E-state index contributed by atoms with van der Waals surface area (Å²) < 4.78 is 0. The number of nitrogens with zero attached hydrogens (tertiary/aromatic N) is 2. The van der Waals surface area contributed by atoms with Crippen LogP contribution < -0.4 is 10.9 Å². The quantitative estimate of drug-likeness (QED) is 0.403. The van der Waals surface area contributed by atoms with Crippen molar-refractivity contribution in [2.75, 3.05) is 26.4 Å². The van der Waals surface area contributed by atoms with Crippen LogP contribution in [0.2, 0.25) is 0 Å². The smallest absolute Gasteiger partial charge is 0.259 e. The molecule has 0 aliphatic heterocycles. The number of H-pyrrole nitrogens is 1. The Morgan fingerprint density at radius 2 is 2.00 bits per heavy atom. The third-order valence-electron chi connectivity index (χ3n) is 6.48.